The maximum Gasteiger partial charge on any atom is 0.234 e. The van der Waals surface area contributed by atoms with Gasteiger partial charge in [0, 0.05) is 18.1 Å². The Kier molecular flexibility index (Phi) is 4.80. The Morgan fingerprint density at radius 3 is 2.62 bits per heavy atom. The molecule has 3 unspecified atom stereocenters. The molecule has 1 saturated carbocycles. The molecule has 0 aliphatic heterocycles. The summed E-state index contributed by atoms with van der Waals surface area (Å²) in [4.78, 5) is 11.7. The van der Waals surface area contributed by atoms with Crippen molar-refractivity contribution in [1.29, 1.82) is 0 Å². The van der Waals surface area contributed by atoms with Crippen LogP contribution in [-0.4, -0.2) is 29.5 Å². The van der Waals surface area contributed by atoms with Gasteiger partial charge in [-0.15, -0.1) is 0 Å². The first kappa shape index (κ1) is 14.0. The maximum absolute atomic E-state index is 11.7. The molecule has 0 spiro atoms. The number of nitrogens with one attached hydrogen (secondary N) is 1. The van der Waals surface area contributed by atoms with Gasteiger partial charge in [0.05, 0.1) is 10.9 Å². The highest BCUT2D eigenvalue weighted by molar-refractivity contribution is 9.10. The number of rotatable bonds is 5. The lowest BCUT2D eigenvalue weighted by atomic mass is 9.64. The van der Waals surface area contributed by atoms with Crippen molar-refractivity contribution >= 4 is 21.8 Å². The van der Waals surface area contributed by atoms with E-state index in [0.717, 1.165) is 19.4 Å². The quantitative estimate of drug-likeness (QED) is 0.791. The first-order chi connectivity index (χ1) is 7.43. The number of amides is 1. The Labute approximate surface area is 106 Å². The molecule has 0 radical (unpaired) electrons. The lowest BCUT2D eigenvalue weighted by Gasteiger charge is -2.51. The van der Waals surface area contributed by atoms with E-state index in [1.165, 1.54) is 0 Å². The van der Waals surface area contributed by atoms with Gasteiger partial charge in [0.1, 0.15) is 0 Å². The fraction of sp³-hybridized carbons (Fsp3) is 0.917. The number of alkyl halides is 1. The van der Waals surface area contributed by atoms with E-state index in [1.54, 1.807) is 0 Å². The normalized spacial score (nSPS) is 29.3. The van der Waals surface area contributed by atoms with Crippen molar-refractivity contribution in [3.05, 3.63) is 0 Å². The van der Waals surface area contributed by atoms with Crippen LogP contribution in [0.1, 0.15) is 40.5 Å². The lowest BCUT2D eigenvalue weighted by Crippen LogP contribution is -2.62. The number of ether oxygens (including phenoxy) is 1. The fourth-order valence-corrected chi connectivity index (χ4v) is 2.19. The highest BCUT2D eigenvalue weighted by Gasteiger charge is 2.49. The maximum atomic E-state index is 11.7. The van der Waals surface area contributed by atoms with E-state index in [0.29, 0.717) is 0 Å². The molecule has 94 valence electrons. The van der Waals surface area contributed by atoms with Crippen LogP contribution in [0.2, 0.25) is 0 Å². The van der Waals surface area contributed by atoms with Crippen molar-refractivity contribution in [2.45, 2.75) is 57.5 Å². The molecule has 1 aliphatic rings. The average Bonchev–Trinajstić information content (AvgIpc) is 2.26. The van der Waals surface area contributed by atoms with E-state index < -0.39 is 0 Å². The summed E-state index contributed by atoms with van der Waals surface area (Å²) in [5.74, 6) is 0.0931. The number of hydrogen-bond donors (Lipinski definition) is 1. The number of carbonyl (C=O) groups excluding carboxylic acids is 1. The second kappa shape index (κ2) is 5.50. The van der Waals surface area contributed by atoms with Crippen LogP contribution < -0.4 is 5.32 Å². The minimum Gasteiger partial charge on any atom is -0.378 e. The van der Waals surface area contributed by atoms with Gasteiger partial charge in [-0.3, -0.25) is 4.79 Å². The van der Waals surface area contributed by atoms with Crippen molar-refractivity contribution in [2.24, 2.45) is 5.41 Å². The highest BCUT2D eigenvalue weighted by Crippen LogP contribution is 2.42. The van der Waals surface area contributed by atoms with E-state index in [9.17, 15) is 4.79 Å². The molecule has 0 aromatic carbocycles. The van der Waals surface area contributed by atoms with Crippen LogP contribution in [0, 0.1) is 5.41 Å². The zero-order valence-corrected chi connectivity index (χ0v) is 12.1. The van der Waals surface area contributed by atoms with E-state index in [1.807, 2.05) is 13.8 Å². The monoisotopic (exact) mass is 291 g/mol. The second-order valence-electron chi connectivity index (χ2n) is 4.94. The average molecular weight is 292 g/mol. The fourth-order valence-electron chi connectivity index (χ4n) is 2.06. The molecule has 0 heterocycles. The summed E-state index contributed by atoms with van der Waals surface area (Å²) >= 11 is 3.36. The molecule has 1 amide bonds. The highest BCUT2D eigenvalue weighted by atomic mass is 79.9. The molecule has 16 heavy (non-hydrogen) atoms. The van der Waals surface area contributed by atoms with Crippen LogP contribution in [0.25, 0.3) is 0 Å². The Bertz CT molecular complexity index is 255. The zero-order chi connectivity index (χ0) is 12.3. The summed E-state index contributed by atoms with van der Waals surface area (Å²) < 4.78 is 5.63. The first-order valence-corrected chi connectivity index (χ1v) is 6.91. The van der Waals surface area contributed by atoms with Gasteiger partial charge in [-0.05, 0) is 19.8 Å². The summed E-state index contributed by atoms with van der Waals surface area (Å²) in [5, 5.41) is 3.08. The van der Waals surface area contributed by atoms with Gasteiger partial charge < -0.3 is 10.1 Å². The van der Waals surface area contributed by atoms with Gasteiger partial charge in [-0.2, -0.15) is 0 Å². The first-order valence-electron chi connectivity index (χ1n) is 5.99. The Morgan fingerprint density at radius 1 is 1.56 bits per heavy atom. The number of hydrogen-bond acceptors (Lipinski definition) is 2. The summed E-state index contributed by atoms with van der Waals surface area (Å²) in [6, 6.07) is 0.239. The summed E-state index contributed by atoms with van der Waals surface area (Å²) in [6.07, 6.45) is 2.02. The SMILES string of the molecule is CCOC1CC(NC(=O)C(Br)CC)C1(C)C. The van der Waals surface area contributed by atoms with E-state index >= 15 is 0 Å². The van der Waals surface area contributed by atoms with Crippen LogP contribution >= 0.6 is 15.9 Å². The third kappa shape index (κ3) is 2.77. The van der Waals surface area contributed by atoms with Crippen LogP contribution in [0.4, 0.5) is 0 Å². The minimum absolute atomic E-state index is 0.0477. The topological polar surface area (TPSA) is 38.3 Å². The largest absolute Gasteiger partial charge is 0.378 e. The molecule has 4 heteroatoms. The van der Waals surface area contributed by atoms with E-state index in [-0.39, 0.29) is 28.3 Å². The molecule has 3 nitrogen and oxygen atoms in total. The molecule has 0 bridgehead atoms. The Hall–Kier alpha value is -0.0900. The van der Waals surface area contributed by atoms with Gasteiger partial charge in [-0.1, -0.05) is 36.7 Å². The molecule has 0 aromatic heterocycles. The van der Waals surface area contributed by atoms with Crippen LogP contribution in [0.5, 0.6) is 0 Å². The third-order valence-electron chi connectivity index (χ3n) is 3.50. The molecular weight excluding hydrogens is 270 g/mol. The van der Waals surface area contributed by atoms with Crippen LogP contribution in [-0.2, 0) is 9.53 Å². The Balaban J connectivity index is 2.44. The van der Waals surface area contributed by atoms with E-state index in [4.69, 9.17) is 4.74 Å². The molecule has 1 fully saturated rings. The van der Waals surface area contributed by atoms with Gasteiger partial charge >= 0.3 is 0 Å². The zero-order valence-electron chi connectivity index (χ0n) is 10.5. The van der Waals surface area contributed by atoms with Gasteiger partial charge in [0.2, 0.25) is 5.91 Å². The molecule has 0 aromatic rings. The van der Waals surface area contributed by atoms with Crippen molar-refractivity contribution in [2.75, 3.05) is 6.61 Å². The summed E-state index contributed by atoms with van der Waals surface area (Å²) in [6.45, 7) is 9.04. The molecular formula is C12H22BrNO2. The molecule has 1 aliphatic carbocycles. The summed E-state index contributed by atoms with van der Waals surface area (Å²) in [5.41, 5.74) is 0.0477. The molecule has 1 N–H and O–H groups in total. The Morgan fingerprint density at radius 2 is 2.19 bits per heavy atom. The third-order valence-corrected chi connectivity index (χ3v) is 4.57. The lowest BCUT2D eigenvalue weighted by molar-refractivity contribution is -0.136. The van der Waals surface area contributed by atoms with Gasteiger partial charge in [0.25, 0.3) is 0 Å². The van der Waals surface area contributed by atoms with Crippen LogP contribution in [0.3, 0.4) is 0 Å². The van der Waals surface area contributed by atoms with Crippen molar-refractivity contribution < 1.29 is 9.53 Å². The number of halogens is 1. The van der Waals surface area contributed by atoms with E-state index in [2.05, 4.69) is 35.1 Å². The van der Waals surface area contributed by atoms with Crippen LogP contribution in [0.15, 0.2) is 0 Å². The van der Waals surface area contributed by atoms with Crippen molar-refractivity contribution in [1.82, 2.24) is 5.32 Å². The minimum atomic E-state index is -0.0746. The molecule has 0 saturated heterocycles. The standard InChI is InChI=1S/C12H22BrNO2/c1-5-8(13)11(15)14-9-7-10(16-6-2)12(9,3)4/h8-10H,5-7H2,1-4H3,(H,14,15). The van der Waals surface area contributed by atoms with Gasteiger partial charge in [-0.25, -0.2) is 0 Å². The molecule has 3 atom stereocenters. The van der Waals surface area contributed by atoms with Gasteiger partial charge in [0.15, 0.2) is 0 Å². The smallest absolute Gasteiger partial charge is 0.234 e. The number of carbonyl (C=O) groups is 1. The molecule has 1 rings (SSSR count). The van der Waals surface area contributed by atoms with Crippen molar-refractivity contribution in [3.63, 3.8) is 0 Å². The summed E-state index contributed by atoms with van der Waals surface area (Å²) in [7, 11) is 0. The predicted octanol–water partition coefficient (Wildman–Crippen LogP) is 2.48. The van der Waals surface area contributed by atoms with Crippen molar-refractivity contribution in [3.8, 4) is 0 Å². The second-order valence-corrected chi connectivity index (χ2v) is 6.04. The predicted molar refractivity (Wildman–Crippen MR) is 68.7 cm³/mol.